The summed E-state index contributed by atoms with van der Waals surface area (Å²) in [7, 11) is 1.93. The average molecular weight is 316 g/mol. The van der Waals surface area contributed by atoms with E-state index in [9.17, 15) is 4.79 Å². The van der Waals surface area contributed by atoms with Gasteiger partial charge in [-0.3, -0.25) is 9.69 Å². The van der Waals surface area contributed by atoms with E-state index in [1.807, 2.05) is 11.9 Å². The molecular formula is C19H28N2O2. The van der Waals surface area contributed by atoms with Gasteiger partial charge in [0.15, 0.2) is 0 Å². The van der Waals surface area contributed by atoms with E-state index >= 15 is 0 Å². The predicted molar refractivity (Wildman–Crippen MR) is 90.9 cm³/mol. The van der Waals surface area contributed by atoms with Crippen LogP contribution in [-0.2, 0) is 22.6 Å². The van der Waals surface area contributed by atoms with Gasteiger partial charge >= 0.3 is 0 Å². The topological polar surface area (TPSA) is 32.8 Å². The maximum Gasteiger partial charge on any atom is 0.226 e. The quantitative estimate of drug-likeness (QED) is 0.808. The Morgan fingerprint density at radius 2 is 1.87 bits per heavy atom. The Balaban J connectivity index is 1.49. The third-order valence-corrected chi connectivity index (χ3v) is 5.09. The minimum absolute atomic E-state index is 0.283. The van der Waals surface area contributed by atoms with Crippen LogP contribution in [0.5, 0.6) is 0 Å². The molecule has 0 radical (unpaired) electrons. The van der Waals surface area contributed by atoms with Crippen LogP contribution in [0, 0.1) is 11.8 Å². The van der Waals surface area contributed by atoms with Gasteiger partial charge in [0, 0.05) is 39.1 Å². The molecule has 2 atom stereocenters. The van der Waals surface area contributed by atoms with Gasteiger partial charge in [0.05, 0.1) is 13.2 Å². The minimum Gasteiger partial charge on any atom is -0.379 e. The molecule has 0 spiro atoms. The number of ether oxygens (including phenoxy) is 1. The molecule has 4 heteroatoms. The molecule has 2 aliphatic rings. The Morgan fingerprint density at radius 1 is 1.22 bits per heavy atom. The normalized spacial score (nSPS) is 24.4. The average Bonchev–Trinajstić information content (AvgIpc) is 3.36. The lowest BCUT2D eigenvalue weighted by Gasteiger charge is -2.26. The van der Waals surface area contributed by atoms with Crippen molar-refractivity contribution >= 4 is 5.91 Å². The standard InChI is InChI=1S/C19H28N2O2/c1-3-17-12-18(17)19(22)20(2)13-15-4-6-16(7-5-15)14-21-8-10-23-11-9-21/h4-7,17-18H,3,8-14H2,1-2H3/t17-,18-/m1/s1. The van der Waals surface area contributed by atoms with E-state index in [-0.39, 0.29) is 5.92 Å². The van der Waals surface area contributed by atoms with E-state index in [0.717, 1.165) is 45.7 Å². The van der Waals surface area contributed by atoms with Crippen LogP contribution in [0.1, 0.15) is 30.9 Å². The molecule has 0 unspecified atom stereocenters. The lowest BCUT2D eigenvalue weighted by molar-refractivity contribution is -0.132. The van der Waals surface area contributed by atoms with Crippen molar-refractivity contribution in [2.75, 3.05) is 33.4 Å². The molecule has 1 saturated carbocycles. The minimum atomic E-state index is 0.283. The largest absolute Gasteiger partial charge is 0.379 e. The molecule has 1 aromatic carbocycles. The van der Waals surface area contributed by atoms with Gasteiger partial charge in [0.1, 0.15) is 0 Å². The molecule has 1 aromatic rings. The molecule has 0 bridgehead atoms. The van der Waals surface area contributed by atoms with E-state index in [0.29, 0.717) is 18.4 Å². The van der Waals surface area contributed by atoms with E-state index in [1.165, 1.54) is 11.1 Å². The number of carbonyl (C=O) groups excluding carboxylic acids is 1. The van der Waals surface area contributed by atoms with Gasteiger partial charge in [-0.25, -0.2) is 0 Å². The highest BCUT2D eigenvalue weighted by atomic mass is 16.5. The summed E-state index contributed by atoms with van der Waals surface area (Å²) >= 11 is 0. The second-order valence-electron chi connectivity index (χ2n) is 6.91. The molecule has 1 aliphatic carbocycles. The van der Waals surface area contributed by atoms with E-state index in [1.54, 1.807) is 0 Å². The molecule has 4 nitrogen and oxygen atoms in total. The van der Waals surface area contributed by atoms with Crippen molar-refractivity contribution in [3.63, 3.8) is 0 Å². The van der Waals surface area contributed by atoms with Crippen LogP contribution in [0.15, 0.2) is 24.3 Å². The monoisotopic (exact) mass is 316 g/mol. The zero-order valence-corrected chi connectivity index (χ0v) is 14.3. The number of morpholine rings is 1. The molecule has 1 aliphatic heterocycles. The predicted octanol–water partition coefficient (Wildman–Crippen LogP) is 2.52. The van der Waals surface area contributed by atoms with Gasteiger partial charge in [0.2, 0.25) is 5.91 Å². The van der Waals surface area contributed by atoms with Crippen LogP contribution in [0.4, 0.5) is 0 Å². The summed E-state index contributed by atoms with van der Waals surface area (Å²) in [5.41, 5.74) is 2.54. The number of carbonyl (C=O) groups is 1. The lowest BCUT2D eigenvalue weighted by Crippen LogP contribution is -2.35. The molecule has 1 heterocycles. The van der Waals surface area contributed by atoms with Crippen LogP contribution >= 0.6 is 0 Å². The second kappa shape index (κ2) is 7.45. The fraction of sp³-hybridized carbons (Fsp3) is 0.632. The number of hydrogen-bond acceptors (Lipinski definition) is 3. The first-order valence-electron chi connectivity index (χ1n) is 8.80. The van der Waals surface area contributed by atoms with Crippen molar-refractivity contribution in [2.24, 2.45) is 11.8 Å². The molecule has 23 heavy (non-hydrogen) atoms. The maximum absolute atomic E-state index is 12.3. The summed E-state index contributed by atoms with van der Waals surface area (Å²) in [6.07, 6.45) is 2.21. The zero-order valence-electron chi connectivity index (χ0n) is 14.3. The molecular weight excluding hydrogens is 288 g/mol. The van der Waals surface area contributed by atoms with Crippen LogP contribution in [-0.4, -0.2) is 49.1 Å². The Hall–Kier alpha value is -1.39. The summed E-state index contributed by atoms with van der Waals surface area (Å²) in [5, 5.41) is 0. The van der Waals surface area contributed by atoms with E-state index in [2.05, 4.69) is 36.1 Å². The van der Waals surface area contributed by atoms with Crippen molar-refractivity contribution in [2.45, 2.75) is 32.9 Å². The van der Waals surface area contributed by atoms with Crippen LogP contribution in [0.2, 0.25) is 0 Å². The van der Waals surface area contributed by atoms with Gasteiger partial charge < -0.3 is 9.64 Å². The van der Waals surface area contributed by atoms with Crippen LogP contribution in [0.3, 0.4) is 0 Å². The summed E-state index contributed by atoms with van der Waals surface area (Å²) in [6, 6.07) is 8.69. The highest BCUT2D eigenvalue weighted by molar-refractivity contribution is 5.81. The van der Waals surface area contributed by atoms with Gasteiger partial charge in [0.25, 0.3) is 0 Å². The SMILES string of the molecule is CC[C@@H]1C[C@H]1C(=O)N(C)Cc1ccc(CN2CCOCC2)cc1. The first kappa shape index (κ1) is 16.5. The molecule has 2 fully saturated rings. The Bertz CT molecular complexity index is 523. The number of amides is 1. The first-order chi connectivity index (χ1) is 11.2. The smallest absolute Gasteiger partial charge is 0.226 e. The van der Waals surface area contributed by atoms with Gasteiger partial charge in [-0.2, -0.15) is 0 Å². The Kier molecular flexibility index (Phi) is 5.34. The highest BCUT2D eigenvalue weighted by Crippen LogP contribution is 2.42. The first-order valence-corrected chi connectivity index (χ1v) is 8.80. The van der Waals surface area contributed by atoms with Crippen LogP contribution < -0.4 is 0 Å². The molecule has 126 valence electrons. The van der Waals surface area contributed by atoms with Gasteiger partial charge in [-0.15, -0.1) is 0 Å². The van der Waals surface area contributed by atoms with Gasteiger partial charge in [-0.05, 0) is 23.5 Å². The molecule has 0 aromatic heterocycles. The summed E-state index contributed by atoms with van der Waals surface area (Å²) in [6.45, 7) is 7.57. The highest BCUT2D eigenvalue weighted by Gasteiger charge is 2.42. The second-order valence-corrected chi connectivity index (χ2v) is 6.91. The third kappa shape index (κ3) is 4.33. The number of benzene rings is 1. The van der Waals surface area contributed by atoms with Crippen molar-refractivity contribution in [3.05, 3.63) is 35.4 Å². The lowest BCUT2D eigenvalue weighted by atomic mass is 10.1. The summed E-state index contributed by atoms with van der Waals surface area (Å²) < 4.78 is 5.38. The number of hydrogen-bond donors (Lipinski definition) is 0. The van der Waals surface area contributed by atoms with Crippen molar-refractivity contribution < 1.29 is 9.53 Å². The number of nitrogens with zero attached hydrogens (tertiary/aromatic N) is 2. The molecule has 1 amide bonds. The van der Waals surface area contributed by atoms with Gasteiger partial charge in [-0.1, -0.05) is 37.6 Å². The fourth-order valence-electron chi connectivity index (χ4n) is 3.40. The van der Waals surface area contributed by atoms with Crippen molar-refractivity contribution in [1.29, 1.82) is 0 Å². The van der Waals surface area contributed by atoms with Crippen LogP contribution in [0.25, 0.3) is 0 Å². The third-order valence-electron chi connectivity index (χ3n) is 5.09. The van der Waals surface area contributed by atoms with Crippen molar-refractivity contribution in [3.8, 4) is 0 Å². The Labute approximate surface area is 139 Å². The maximum atomic E-state index is 12.3. The molecule has 0 N–H and O–H groups in total. The van der Waals surface area contributed by atoms with Crippen molar-refractivity contribution in [1.82, 2.24) is 9.80 Å². The summed E-state index contributed by atoms with van der Waals surface area (Å²) in [5.74, 6) is 1.22. The summed E-state index contributed by atoms with van der Waals surface area (Å²) in [4.78, 5) is 16.6. The molecule has 1 saturated heterocycles. The number of rotatable bonds is 6. The van der Waals surface area contributed by atoms with E-state index in [4.69, 9.17) is 4.74 Å². The fourth-order valence-corrected chi connectivity index (χ4v) is 3.40. The zero-order chi connectivity index (χ0) is 16.2. The Morgan fingerprint density at radius 3 is 2.48 bits per heavy atom. The van der Waals surface area contributed by atoms with E-state index < -0.39 is 0 Å². The molecule has 3 rings (SSSR count).